The van der Waals surface area contributed by atoms with Crippen molar-refractivity contribution in [2.75, 3.05) is 13.1 Å². The molecule has 0 bridgehead atoms. The summed E-state index contributed by atoms with van der Waals surface area (Å²) in [7, 11) is 2.13. The molecular weight excluding hydrogens is 210 g/mol. The van der Waals surface area contributed by atoms with Gasteiger partial charge in [-0.05, 0) is 43.6 Å². The number of hydrogen-bond acceptors (Lipinski definition) is 2. The largest absolute Gasteiger partial charge is 0.331 e. The molecule has 0 amide bonds. The zero-order valence-corrected chi connectivity index (χ0v) is 10.7. The van der Waals surface area contributed by atoms with Crippen molar-refractivity contribution in [1.29, 1.82) is 0 Å². The Morgan fingerprint density at radius 3 is 2.82 bits per heavy atom. The van der Waals surface area contributed by atoms with Crippen LogP contribution in [-0.2, 0) is 7.05 Å². The number of aryl methyl sites for hydroxylation is 2. The average Bonchev–Trinajstić information content (AvgIpc) is 2.53. The Balaban J connectivity index is 2.07. The molecule has 1 saturated heterocycles. The van der Waals surface area contributed by atoms with Gasteiger partial charge in [-0.15, -0.1) is 0 Å². The molecule has 3 heteroatoms. The lowest BCUT2D eigenvalue weighted by atomic mass is 9.88. The number of imidazole rings is 1. The van der Waals surface area contributed by atoms with E-state index in [1.54, 1.807) is 0 Å². The minimum absolute atomic E-state index is 0.536. The molecule has 1 aromatic heterocycles. The second kappa shape index (κ2) is 3.84. The van der Waals surface area contributed by atoms with Crippen LogP contribution < -0.4 is 5.32 Å². The van der Waals surface area contributed by atoms with E-state index in [0.29, 0.717) is 5.92 Å². The highest BCUT2D eigenvalue weighted by Gasteiger charge is 2.27. The standard InChI is InChI=1S/C14H19N3/c1-9-4-5-13-12(6-9)16-14(17(13)3)10(2)11-7-15-8-11/h4-6,10-11,15H,7-8H2,1-3H3. The van der Waals surface area contributed by atoms with Gasteiger partial charge in [0.15, 0.2) is 0 Å². The normalized spacial score (nSPS) is 18.3. The van der Waals surface area contributed by atoms with Gasteiger partial charge in [0, 0.05) is 13.0 Å². The van der Waals surface area contributed by atoms with Crippen LogP contribution in [0.2, 0.25) is 0 Å². The first-order valence-corrected chi connectivity index (χ1v) is 6.30. The SMILES string of the molecule is Cc1ccc2c(c1)nc(C(C)C1CNC1)n2C. The maximum atomic E-state index is 4.81. The molecule has 90 valence electrons. The van der Waals surface area contributed by atoms with Gasteiger partial charge < -0.3 is 9.88 Å². The fraction of sp³-hybridized carbons (Fsp3) is 0.500. The van der Waals surface area contributed by atoms with E-state index in [4.69, 9.17) is 4.98 Å². The van der Waals surface area contributed by atoms with Crippen LogP contribution in [-0.4, -0.2) is 22.6 Å². The van der Waals surface area contributed by atoms with Gasteiger partial charge in [-0.1, -0.05) is 13.0 Å². The Bertz CT molecular complexity index is 552. The Hall–Kier alpha value is -1.35. The summed E-state index contributed by atoms with van der Waals surface area (Å²) in [5.41, 5.74) is 3.64. The Morgan fingerprint density at radius 2 is 2.18 bits per heavy atom. The Kier molecular flexibility index (Phi) is 2.44. The summed E-state index contributed by atoms with van der Waals surface area (Å²) < 4.78 is 2.25. The minimum Gasteiger partial charge on any atom is -0.331 e. The van der Waals surface area contributed by atoms with Gasteiger partial charge in [-0.2, -0.15) is 0 Å². The zero-order valence-electron chi connectivity index (χ0n) is 10.7. The van der Waals surface area contributed by atoms with Crippen LogP contribution in [0.5, 0.6) is 0 Å². The van der Waals surface area contributed by atoms with Crippen LogP contribution in [0, 0.1) is 12.8 Å². The lowest BCUT2D eigenvalue weighted by molar-refractivity contribution is 0.293. The Labute approximate surface area is 102 Å². The number of nitrogens with zero attached hydrogens (tertiary/aromatic N) is 2. The van der Waals surface area contributed by atoms with E-state index < -0.39 is 0 Å². The predicted molar refractivity (Wildman–Crippen MR) is 70.2 cm³/mol. The van der Waals surface area contributed by atoms with Crippen LogP contribution in [0.25, 0.3) is 11.0 Å². The summed E-state index contributed by atoms with van der Waals surface area (Å²) in [5, 5.41) is 3.34. The molecular formula is C14H19N3. The van der Waals surface area contributed by atoms with Gasteiger partial charge in [0.05, 0.1) is 11.0 Å². The first-order valence-electron chi connectivity index (χ1n) is 6.30. The van der Waals surface area contributed by atoms with Crippen molar-refractivity contribution < 1.29 is 0 Å². The van der Waals surface area contributed by atoms with E-state index in [9.17, 15) is 0 Å². The quantitative estimate of drug-likeness (QED) is 0.855. The highest BCUT2D eigenvalue weighted by Crippen LogP contribution is 2.28. The summed E-state index contributed by atoms with van der Waals surface area (Å²) in [5.74, 6) is 2.50. The molecule has 0 radical (unpaired) electrons. The van der Waals surface area contributed by atoms with Crippen LogP contribution in [0.3, 0.4) is 0 Å². The smallest absolute Gasteiger partial charge is 0.112 e. The molecule has 0 aliphatic carbocycles. The van der Waals surface area contributed by atoms with E-state index in [-0.39, 0.29) is 0 Å². The van der Waals surface area contributed by atoms with Crippen molar-refractivity contribution >= 4 is 11.0 Å². The molecule has 2 aromatic rings. The number of aromatic nitrogens is 2. The van der Waals surface area contributed by atoms with Crippen LogP contribution in [0.1, 0.15) is 24.2 Å². The van der Waals surface area contributed by atoms with Crippen molar-refractivity contribution in [3.63, 3.8) is 0 Å². The third-order valence-electron chi connectivity index (χ3n) is 4.00. The molecule has 0 saturated carbocycles. The molecule has 1 aliphatic rings. The highest BCUT2D eigenvalue weighted by molar-refractivity contribution is 5.76. The van der Waals surface area contributed by atoms with E-state index in [1.165, 1.54) is 16.9 Å². The number of rotatable bonds is 2. The molecule has 3 nitrogen and oxygen atoms in total. The first-order chi connectivity index (χ1) is 8.16. The summed E-state index contributed by atoms with van der Waals surface area (Å²) in [6.07, 6.45) is 0. The second-order valence-electron chi connectivity index (χ2n) is 5.23. The minimum atomic E-state index is 0.536. The average molecular weight is 229 g/mol. The van der Waals surface area contributed by atoms with Crippen molar-refractivity contribution in [2.45, 2.75) is 19.8 Å². The molecule has 17 heavy (non-hydrogen) atoms. The summed E-state index contributed by atoms with van der Waals surface area (Å²) >= 11 is 0. The van der Waals surface area contributed by atoms with Crippen molar-refractivity contribution in [3.05, 3.63) is 29.6 Å². The Morgan fingerprint density at radius 1 is 1.41 bits per heavy atom. The predicted octanol–water partition coefficient (Wildman–Crippen LogP) is 2.20. The summed E-state index contributed by atoms with van der Waals surface area (Å²) in [6.45, 7) is 6.67. The van der Waals surface area contributed by atoms with Gasteiger partial charge >= 0.3 is 0 Å². The molecule has 0 spiro atoms. The van der Waals surface area contributed by atoms with Crippen molar-refractivity contribution in [2.24, 2.45) is 13.0 Å². The molecule has 1 fully saturated rings. The van der Waals surface area contributed by atoms with Gasteiger partial charge in [0.1, 0.15) is 5.82 Å². The molecule has 2 heterocycles. The highest BCUT2D eigenvalue weighted by atomic mass is 15.1. The fourth-order valence-electron chi connectivity index (χ4n) is 2.61. The fourth-order valence-corrected chi connectivity index (χ4v) is 2.61. The molecule has 1 unspecified atom stereocenters. The van der Waals surface area contributed by atoms with Crippen LogP contribution in [0.15, 0.2) is 18.2 Å². The molecule has 1 aromatic carbocycles. The van der Waals surface area contributed by atoms with Crippen molar-refractivity contribution in [1.82, 2.24) is 14.9 Å². The van der Waals surface area contributed by atoms with E-state index >= 15 is 0 Å². The number of fused-ring (bicyclic) bond motifs is 1. The van der Waals surface area contributed by atoms with E-state index in [0.717, 1.165) is 24.5 Å². The summed E-state index contributed by atoms with van der Waals surface area (Å²) in [6, 6.07) is 6.50. The number of nitrogens with one attached hydrogen (secondary N) is 1. The first kappa shape index (κ1) is 10.8. The molecule has 1 aliphatic heterocycles. The van der Waals surface area contributed by atoms with Crippen molar-refractivity contribution in [3.8, 4) is 0 Å². The molecule has 1 atom stereocenters. The topological polar surface area (TPSA) is 29.9 Å². The van der Waals surface area contributed by atoms with E-state index in [1.807, 2.05) is 0 Å². The maximum Gasteiger partial charge on any atom is 0.112 e. The van der Waals surface area contributed by atoms with Gasteiger partial charge in [-0.25, -0.2) is 4.98 Å². The lowest BCUT2D eigenvalue weighted by Gasteiger charge is -2.32. The third-order valence-corrected chi connectivity index (χ3v) is 4.00. The number of benzene rings is 1. The maximum absolute atomic E-state index is 4.81. The third kappa shape index (κ3) is 1.65. The second-order valence-corrected chi connectivity index (χ2v) is 5.23. The molecule has 3 rings (SSSR count). The van der Waals surface area contributed by atoms with Crippen LogP contribution >= 0.6 is 0 Å². The van der Waals surface area contributed by atoms with E-state index in [2.05, 4.69) is 49.0 Å². The van der Waals surface area contributed by atoms with Gasteiger partial charge in [0.2, 0.25) is 0 Å². The molecule has 1 N–H and O–H groups in total. The zero-order chi connectivity index (χ0) is 12.0. The van der Waals surface area contributed by atoms with Gasteiger partial charge in [-0.3, -0.25) is 0 Å². The lowest BCUT2D eigenvalue weighted by Crippen LogP contribution is -2.45. The van der Waals surface area contributed by atoms with Gasteiger partial charge in [0.25, 0.3) is 0 Å². The summed E-state index contributed by atoms with van der Waals surface area (Å²) in [4.78, 5) is 4.81. The monoisotopic (exact) mass is 229 g/mol. The number of hydrogen-bond donors (Lipinski definition) is 1. The van der Waals surface area contributed by atoms with Crippen LogP contribution in [0.4, 0.5) is 0 Å².